The minimum atomic E-state index is -0.00231. The molecular formula is C5H8N2O. The Kier molecular flexibility index (Phi) is 1.04. The van der Waals surface area contributed by atoms with E-state index in [1.807, 2.05) is 6.92 Å². The van der Waals surface area contributed by atoms with E-state index >= 15 is 0 Å². The van der Waals surface area contributed by atoms with Crippen LogP contribution in [0.4, 0.5) is 0 Å². The van der Waals surface area contributed by atoms with Crippen LogP contribution < -0.4 is 5.11 Å². The fourth-order valence-electron chi connectivity index (χ4n) is 0.678. The molecule has 0 saturated heterocycles. The number of rotatable bonds is 0. The lowest BCUT2D eigenvalue weighted by Crippen LogP contribution is -2.11. The summed E-state index contributed by atoms with van der Waals surface area (Å²) in [5.41, 5.74) is 0. The number of azo groups is 2. The van der Waals surface area contributed by atoms with Crippen molar-refractivity contribution in [3.63, 3.8) is 0 Å². The first-order valence-electron chi connectivity index (χ1n) is 2.53. The quantitative estimate of drug-likeness (QED) is 0.396. The second-order valence-electron chi connectivity index (χ2n) is 1.88. The van der Waals surface area contributed by atoms with Gasteiger partial charge in [-0.25, -0.2) is 0 Å². The van der Waals surface area contributed by atoms with Gasteiger partial charge in [-0.15, -0.1) is 4.70 Å². The molecule has 1 aliphatic heterocycles. The van der Waals surface area contributed by atoms with E-state index in [-0.39, 0.29) is 11.9 Å². The van der Waals surface area contributed by atoms with Crippen molar-refractivity contribution in [2.24, 2.45) is 5.11 Å². The van der Waals surface area contributed by atoms with E-state index < -0.39 is 0 Å². The molecule has 0 bridgehead atoms. The van der Waals surface area contributed by atoms with Gasteiger partial charge in [0.25, 0.3) is 0 Å². The van der Waals surface area contributed by atoms with Gasteiger partial charge in [-0.3, -0.25) is 0 Å². The van der Waals surface area contributed by atoms with Gasteiger partial charge in [0, 0.05) is 6.08 Å². The van der Waals surface area contributed by atoms with Crippen LogP contribution in [0.5, 0.6) is 0 Å². The van der Waals surface area contributed by atoms with Crippen molar-refractivity contribution in [2.75, 3.05) is 7.05 Å². The summed E-state index contributed by atoms with van der Waals surface area (Å²) < 4.78 is 1.35. The highest BCUT2D eigenvalue weighted by Crippen LogP contribution is 2.03. The van der Waals surface area contributed by atoms with E-state index in [0.29, 0.717) is 0 Å². The first-order chi connectivity index (χ1) is 3.70. The number of hydrogen-bond acceptors (Lipinski definition) is 2. The average Bonchev–Trinajstić information content (AvgIpc) is 1.85. The molecule has 3 nitrogen and oxygen atoms in total. The molecular weight excluding hydrogens is 104 g/mol. The third-order valence-corrected chi connectivity index (χ3v) is 1.06. The summed E-state index contributed by atoms with van der Waals surface area (Å²) >= 11 is 0. The third kappa shape index (κ3) is 0.710. The van der Waals surface area contributed by atoms with Crippen LogP contribution in [0, 0.1) is 0 Å². The maximum absolute atomic E-state index is 10.6. The highest BCUT2D eigenvalue weighted by molar-refractivity contribution is 4.90. The van der Waals surface area contributed by atoms with Crippen molar-refractivity contribution in [1.82, 2.24) is 0 Å². The maximum Gasteiger partial charge on any atom is 0.171 e. The van der Waals surface area contributed by atoms with E-state index in [0.717, 1.165) is 0 Å². The lowest BCUT2D eigenvalue weighted by molar-refractivity contribution is -0.623. The predicted octanol–water partition coefficient (Wildman–Crippen LogP) is -0.315. The first kappa shape index (κ1) is 5.28. The highest BCUT2D eigenvalue weighted by atomic mass is 16.3. The molecule has 0 fully saturated rings. The smallest absolute Gasteiger partial charge is 0.171 e. The Hall–Kier alpha value is -0.860. The van der Waals surface area contributed by atoms with Gasteiger partial charge < -0.3 is 5.11 Å². The molecule has 0 radical (unpaired) electrons. The Balaban J connectivity index is 2.82. The van der Waals surface area contributed by atoms with Gasteiger partial charge in [0.15, 0.2) is 12.9 Å². The minimum Gasteiger partial charge on any atom is -0.822 e. The van der Waals surface area contributed by atoms with Crippen LogP contribution in [0.2, 0.25) is 0 Å². The average molecular weight is 112 g/mol. The minimum absolute atomic E-state index is 0.00231. The zero-order valence-corrected chi connectivity index (χ0v) is 4.96. The molecule has 0 aliphatic carbocycles. The topological polar surface area (TPSA) is 38.4 Å². The van der Waals surface area contributed by atoms with Crippen molar-refractivity contribution < 1.29 is 9.80 Å². The Morgan fingerprint density at radius 2 is 2.50 bits per heavy atom. The summed E-state index contributed by atoms with van der Waals surface area (Å²) in [4.78, 5) is 0. The molecule has 0 N–H and O–H groups in total. The van der Waals surface area contributed by atoms with Gasteiger partial charge in [0.05, 0.1) is 0 Å². The Morgan fingerprint density at radius 1 is 1.88 bits per heavy atom. The summed E-state index contributed by atoms with van der Waals surface area (Å²) in [5.74, 6) is -0.00231. The van der Waals surface area contributed by atoms with Gasteiger partial charge in [0.1, 0.15) is 6.04 Å². The fourth-order valence-corrected chi connectivity index (χ4v) is 0.678. The van der Waals surface area contributed by atoms with Crippen LogP contribution in [-0.2, 0) is 0 Å². The predicted molar refractivity (Wildman–Crippen MR) is 26.2 cm³/mol. The van der Waals surface area contributed by atoms with E-state index in [9.17, 15) is 5.11 Å². The molecule has 0 saturated carbocycles. The first-order valence-corrected chi connectivity index (χ1v) is 2.53. The normalized spacial score (nSPS) is 27.5. The molecule has 0 amide bonds. The molecule has 1 heterocycles. The van der Waals surface area contributed by atoms with Crippen LogP contribution in [0.15, 0.2) is 17.1 Å². The Bertz CT molecular complexity index is 142. The van der Waals surface area contributed by atoms with Crippen molar-refractivity contribution in [2.45, 2.75) is 13.0 Å². The van der Waals surface area contributed by atoms with Crippen LogP contribution in [0.25, 0.3) is 0 Å². The molecule has 0 spiro atoms. The van der Waals surface area contributed by atoms with Crippen molar-refractivity contribution >= 4 is 0 Å². The molecule has 1 unspecified atom stereocenters. The molecule has 0 aromatic heterocycles. The second kappa shape index (κ2) is 1.58. The molecule has 8 heavy (non-hydrogen) atoms. The Morgan fingerprint density at radius 3 is 2.62 bits per heavy atom. The molecule has 44 valence electrons. The monoisotopic (exact) mass is 112 g/mol. The molecule has 0 aromatic carbocycles. The van der Waals surface area contributed by atoms with Gasteiger partial charge in [-0.1, -0.05) is 0 Å². The van der Waals surface area contributed by atoms with E-state index in [1.165, 1.54) is 4.70 Å². The lowest BCUT2D eigenvalue weighted by Gasteiger charge is -1.92. The lowest BCUT2D eigenvalue weighted by atomic mass is 10.4. The highest BCUT2D eigenvalue weighted by Gasteiger charge is 2.11. The van der Waals surface area contributed by atoms with Gasteiger partial charge in [0.2, 0.25) is 0 Å². The summed E-state index contributed by atoms with van der Waals surface area (Å²) in [6, 6.07) is 0.0764. The summed E-state index contributed by atoms with van der Waals surface area (Å²) in [6.45, 7) is 1.88. The van der Waals surface area contributed by atoms with E-state index in [2.05, 4.69) is 5.11 Å². The molecule has 3 heteroatoms. The van der Waals surface area contributed by atoms with E-state index in [1.54, 1.807) is 13.1 Å². The standard InChI is InChI=1S/C5H8N2O/c1-4-3-5(8)7(2)6-4/h3-4H,1-2H3. The third-order valence-electron chi connectivity index (χ3n) is 1.06. The second-order valence-corrected chi connectivity index (χ2v) is 1.88. The van der Waals surface area contributed by atoms with Crippen LogP contribution in [0.3, 0.4) is 0 Å². The maximum atomic E-state index is 10.6. The molecule has 0 aromatic rings. The SMILES string of the molecule is CC1C=C([O-])[N+](C)=N1. The van der Waals surface area contributed by atoms with Crippen molar-refractivity contribution in [3.05, 3.63) is 12.0 Å². The zero-order chi connectivity index (χ0) is 6.15. The molecule has 1 atom stereocenters. The van der Waals surface area contributed by atoms with E-state index in [4.69, 9.17) is 0 Å². The number of nitrogens with zero attached hydrogens (tertiary/aromatic N) is 2. The van der Waals surface area contributed by atoms with Gasteiger partial charge in [-0.05, 0) is 12.0 Å². The molecule has 1 aliphatic rings. The largest absolute Gasteiger partial charge is 0.822 e. The van der Waals surface area contributed by atoms with Crippen LogP contribution in [0.1, 0.15) is 6.92 Å². The van der Waals surface area contributed by atoms with Crippen LogP contribution in [-0.4, -0.2) is 17.8 Å². The molecule has 1 rings (SSSR count). The van der Waals surface area contributed by atoms with Gasteiger partial charge >= 0.3 is 0 Å². The zero-order valence-electron chi connectivity index (χ0n) is 4.96. The van der Waals surface area contributed by atoms with Crippen molar-refractivity contribution in [1.29, 1.82) is 0 Å². The summed E-state index contributed by atoms with van der Waals surface area (Å²) in [7, 11) is 1.66. The number of hydrogen-bond donors (Lipinski definition) is 0. The summed E-state index contributed by atoms with van der Waals surface area (Å²) in [5, 5.41) is 14.5. The van der Waals surface area contributed by atoms with Crippen molar-refractivity contribution in [3.8, 4) is 0 Å². The van der Waals surface area contributed by atoms with Gasteiger partial charge in [-0.2, -0.15) is 0 Å². The fraction of sp³-hybridized carbons (Fsp3) is 0.600. The summed E-state index contributed by atoms with van der Waals surface area (Å²) in [6.07, 6.45) is 1.58. The Labute approximate surface area is 48.0 Å². The van der Waals surface area contributed by atoms with Crippen LogP contribution >= 0.6 is 0 Å².